The Kier molecular flexibility index (Phi) is 5.03. The van der Waals surface area contributed by atoms with Crippen LogP contribution >= 0.6 is 0 Å². The van der Waals surface area contributed by atoms with Crippen molar-refractivity contribution >= 4 is 11.9 Å². The highest BCUT2D eigenvalue weighted by Gasteiger charge is 2.40. The topological polar surface area (TPSA) is 93.5 Å². The number of hydrogen-bond donors (Lipinski definition) is 2. The Labute approximate surface area is 149 Å². The van der Waals surface area contributed by atoms with Crippen molar-refractivity contribution in [3.05, 3.63) is 47.5 Å². The van der Waals surface area contributed by atoms with Crippen molar-refractivity contribution in [1.29, 1.82) is 0 Å². The molecule has 0 bridgehead atoms. The highest BCUT2D eigenvalue weighted by Crippen LogP contribution is 2.30. The van der Waals surface area contributed by atoms with E-state index in [1.165, 1.54) is 16.8 Å². The summed E-state index contributed by atoms with van der Waals surface area (Å²) in [4.78, 5) is 24.2. The molecule has 0 unspecified atom stereocenters. The van der Waals surface area contributed by atoms with Gasteiger partial charge in [-0.15, -0.1) is 0 Å². The molecule has 7 nitrogen and oxygen atoms in total. The van der Waals surface area contributed by atoms with Crippen LogP contribution in [0, 0.1) is 18.2 Å². The standard InChI is InChI=1S/C18H20FN3O4/c1-12-10-22(14-4-2-13(19)3-5-14)21-15(12)16(23)20-11-18(17(24)25)6-8-26-9-7-18/h2-5,10H,6-9,11H2,1H3,(H,20,23)(H,24,25). The molecule has 0 atom stereocenters. The van der Waals surface area contributed by atoms with E-state index in [0.29, 0.717) is 37.3 Å². The van der Waals surface area contributed by atoms with E-state index in [1.807, 2.05) is 0 Å². The number of aryl methyl sites for hydroxylation is 1. The predicted molar refractivity (Wildman–Crippen MR) is 90.7 cm³/mol. The van der Waals surface area contributed by atoms with E-state index in [2.05, 4.69) is 10.4 Å². The number of ether oxygens (including phenoxy) is 1. The van der Waals surface area contributed by atoms with Gasteiger partial charge in [-0.25, -0.2) is 9.07 Å². The monoisotopic (exact) mass is 361 g/mol. The lowest BCUT2D eigenvalue weighted by molar-refractivity contribution is -0.154. The van der Waals surface area contributed by atoms with Crippen LogP contribution in [0.15, 0.2) is 30.5 Å². The van der Waals surface area contributed by atoms with Gasteiger partial charge in [0.05, 0.1) is 11.1 Å². The van der Waals surface area contributed by atoms with E-state index in [1.54, 1.807) is 25.3 Å². The molecule has 1 aromatic heterocycles. The first-order valence-corrected chi connectivity index (χ1v) is 8.33. The molecule has 1 saturated heterocycles. The number of rotatable bonds is 5. The molecule has 0 radical (unpaired) electrons. The van der Waals surface area contributed by atoms with Gasteiger partial charge < -0.3 is 15.2 Å². The third-order valence-electron chi connectivity index (χ3n) is 4.69. The van der Waals surface area contributed by atoms with Crippen LogP contribution in [0.4, 0.5) is 4.39 Å². The van der Waals surface area contributed by atoms with Crippen LogP contribution in [0.2, 0.25) is 0 Å². The maximum absolute atomic E-state index is 13.0. The molecule has 0 saturated carbocycles. The Morgan fingerprint density at radius 1 is 1.31 bits per heavy atom. The van der Waals surface area contributed by atoms with Crippen molar-refractivity contribution in [2.75, 3.05) is 19.8 Å². The van der Waals surface area contributed by atoms with E-state index in [4.69, 9.17) is 4.74 Å². The number of aromatic nitrogens is 2. The zero-order valence-electron chi connectivity index (χ0n) is 14.4. The summed E-state index contributed by atoms with van der Waals surface area (Å²) in [6.45, 7) is 2.48. The molecule has 1 aliphatic rings. The van der Waals surface area contributed by atoms with Crippen molar-refractivity contribution in [2.24, 2.45) is 5.41 Å². The summed E-state index contributed by atoms with van der Waals surface area (Å²) < 4.78 is 19.8. The van der Waals surface area contributed by atoms with Gasteiger partial charge in [-0.2, -0.15) is 5.10 Å². The number of nitrogens with one attached hydrogen (secondary N) is 1. The number of amides is 1. The number of carbonyl (C=O) groups excluding carboxylic acids is 1. The molecule has 2 heterocycles. The first-order chi connectivity index (χ1) is 12.4. The number of benzene rings is 1. The number of carboxylic acids is 1. The number of nitrogens with zero attached hydrogens (tertiary/aromatic N) is 2. The zero-order chi connectivity index (χ0) is 18.7. The number of carboxylic acid groups (broad SMARTS) is 1. The molecule has 138 valence electrons. The highest BCUT2D eigenvalue weighted by atomic mass is 19.1. The summed E-state index contributed by atoms with van der Waals surface area (Å²) in [6, 6.07) is 5.75. The summed E-state index contributed by atoms with van der Waals surface area (Å²) in [7, 11) is 0. The van der Waals surface area contributed by atoms with Crippen molar-refractivity contribution in [3.63, 3.8) is 0 Å². The number of aliphatic carboxylic acids is 1. The SMILES string of the molecule is Cc1cn(-c2ccc(F)cc2)nc1C(=O)NCC1(C(=O)O)CCOCC1. The van der Waals surface area contributed by atoms with Crippen molar-refractivity contribution < 1.29 is 23.8 Å². The van der Waals surface area contributed by atoms with Crippen LogP contribution in [0.3, 0.4) is 0 Å². The van der Waals surface area contributed by atoms with E-state index in [9.17, 15) is 19.1 Å². The third-order valence-corrected chi connectivity index (χ3v) is 4.69. The van der Waals surface area contributed by atoms with Gasteiger partial charge in [0.1, 0.15) is 5.82 Å². The van der Waals surface area contributed by atoms with Crippen LogP contribution < -0.4 is 5.32 Å². The minimum Gasteiger partial charge on any atom is -0.481 e. The van der Waals surface area contributed by atoms with Gasteiger partial charge in [0, 0.05) is 31.5 Å². The highest BCUT2D eigenvalue weighted by molar-refractivity contribution is 5.94. The summed E-state index contributed by atoms with van der Waals surface area (Å²) in [5.74, 6) is -1.73. The number of hydrogen-bond acceptors (Lipinski definition) is 4. The second kappa shape index (κ2) is 7.25. The number of carbonyl (C=O) groups is 2. The quantitative estimate of drug-likeness (QED) is 0.849. The molecule has 3 rings (SSSR count). The van der Waals surface area contributed by atoms with Crippen molar-refractivity contribution in [2.45, 2.75) is 19.8 Å². The predicted octanol–water partition coefficient (Wildman–Crippen LogP) is 1.93. The normalized spacial score (nSPS) is 16.2. The largest absolute Gasteiger partial charge is 0.481 e. The molecule has 8 heteroatoms. The molecule has 1 fully saturated rings. The second-order valence-electron chi connectivity index (χ2n) is 6.46. The molecular weight excluding hydrogens is 341 g/mol. The molecule has 2 N–H and O–H groups in total. The molecule has 1 amide bonds. The minimum atomic E-state index is -1.01. The van der Waals surface area contributed by atoms with Crippen LogP contribution in [0.5, 0.6) is 0 Å². The van der Waals surface area contributed by atoms with Crippen LogP contribution in [0.25, 0.3) is 5.69 Å². The first-order valence-electron chi connectivity index (χ1n) is 8.33. The van der Waals surface area contributed by atoms with Gasteiger partial charge in [0.15, 0.2) is 5.69 Å². The average molecular weight is 361 g/mol. The van der Waals surface area contributed by atoms with Gasteiger partial charge in [-0.05, 0) is 44.0 Å². The Bertz CT molecular complexity index is 810. The molecule has 0 aliphatic carbocycles. The summed E-state index contributed by atoms with van der Waals surface area (Å²) in [5.41, 5.74) is 0.464. The van der Waals surface area contributed by atoms with Crippen molar-refractivity contribution in [1.82, 2.24) is 15.1 Å². The second-order valence-corrected chi connectivity index (χ2v) is 6.46. The summed E-state index contributed by atoms with van der Waals surface area (Å²) in [6.07, 6.45) is 2.38. The molecule has 2 aromatic rings. The Balaban J connectivity index is 1.74. The van der Waals surface area contributed by atoms with Gasteiger partial charge in [0.2, 0.25) is 0 Å². The summed E-state index contributed by atoms with van der Waals surface area (Å²) in [5, 5.41) is 16.5. The molecule has 0 spiro atoms. The minimum absolute atomic E-state index is 0.0212. The summed E-state index contributed by atoms with van der Waals surface area (Å²) >= 11 is 0. The molecule has 26 heavy (non-hydrogen) atoms. The van der Waals surface area contributed by atoms with E-state index in [-0.39, 0.29) is 18.1 Å². The number of halogens is 1. The van der Waals surface area contributed by atoms with E-state index in [0.717, 1.165) is 0 Å². The molecule has 1 aliphatic heterocycles. The van der Waals surface area contributed by atoms with Crippen LogP contribution in [0.1, 0.15) is 28.9 Å². The van der Waals surface area contributed by atoms with Crippen LogP contribution in [-0.2, 0) is 9.53 Å². The first kappa shape index (κ1) is 18.1. The van der Waals surface area contributed by atoms with E-state index < -0.39 is 17.3 Å². The van der Waals surface area contributed by atoms with Gasteiger partial charge in [-0.3, -0.25) is 9.59 Å². The fourth-order valence-corrected chi connectivity index (χ4v) is 2.97. The molecule has 1 aromatic carbocycles. The van der Waals surface area contributed by atoms with Crippen molar-refractivity contribution in [3.8, 4) is 5.69 Å². The Morgan fingerprint density at radius 2 is 1.96 bits per heavy atom. The fourth-order valence-electron chi connectivity index (χ4n) is 2.97. The average Bonchev–Trinajstić information content (AvgIpc) is 3.03. The lowest BCUT2D eigenvalue weighted by atomic mass is 9.80. The lowest BCUT2D eigenvalue weighted by Crippen LogP contribution is -2.46. The molecular formula is C18H20FN3O4. The van der Waals surface area contributed by atoms with Gasteiger partial charge in [0.25, 0.3) is 5.91 Å². The van der Waals surface area contributed by atoms with Crippen LogP contribution in [-0.4, -0.2) is 46.5 Å². The fraction of sp³-hybridized carbons (Fsp3) is 0.389. The smallest absolute Gasteiger partial charge is 0.311 e. The third kappa shape index (κ3) is 3.60. The maximum atomic E-state index is 13.0. The maximum Gasteiger partial charge on any atom is 0.311 e. The van der Waals surface area contributed by atoms with Gasteiger partial charge in [-0.1, -0.05) is 0 Å². The zero-order valence-corrected chi connectivity index (χ0v) is 14.4. The Morgan fingerprint density at radius 3 is 2.58 bits per heavy atom. The van der Waals surface area contributed by atoms with Gasteiger partial charge >= 0.3 is 5.97 Å². The van der Waals surface area contributed by atoms with E-state index >= 15 is 0 Å². The lowest BCUT2D eigenvalue weighted by Gasteiger charge is -2.33. The Hall–Kier alpha value is -2.74.